The molecule has 0 fully saturated rings. The van der Waals surface area contributed by atoms with Gasteiger partial charge in [-0.25, -0.2) is 8.78 Å². The summed E-state index contributed by atoms with van der Waals surface area (Å²) in [5.74, 6) is -0.176. The van der Waals surface area contributed by atoms with Crippen LogP contribution in [-0.4, -0.2) is 5.84 Å². The molecule has 2 nitrogen and oxygen atoms in total. The van der Waals surface area contributed by atoms with Crippen LogP contribution in [0.2, 0.25) is 0 Å². The molecule has 0 radical (unpaired) electrons. The number of nitrogens with two attached hydrogens (primary N) is 1. The van der Waals surface area contributed by atoms with Gasteiger partial charge in [-0.1, -0.05) is 12.1 Å². The maximum atomic E-state index is 13.3. The molecule has 1 atom stereocenters. The number of hydrogen-bond acceptors (Lipinski definition) is 2. The Hall–Kier alpha value is -1.94. The SMILES string of the molecule is Cl.NC1=NC(c2ccc(F)cc2)Cc2cc(F)ccc21. The number of fused-ring (bicyclic) bond motifs is 1. The van der Waals surface area contributed by atoms with Gasteiger partial charge < -0.3 is 5.73 Å². The maximum Gasteiger partial charge on any atom is 0.126 e. The Kier molecular flexibility index (Phi) is 4.04. The van der Waals surface area contributed by atoms with Crippen molar-refractivity contribution in [1.82, 2.24) is 0 Å². The lowest BCUT2D eigenvalue weighted by Crippen LogP contribution is -2.23. The molecule has 0 bridgehead atoms. The van der Waals surface area contributed by atoms with E-state index in [2.05, 4.69) is 4.99 Å². The minimum atomic E-state index is -0.289. The standard InChI is InChI=1S/C15H12F2N2.ClH/c16-11-3-1-9(2-4-11)14-8-10-7-12(17)5-6-13(10)15(18)19-14;/h1-7,14H,8H2,(H2,18,19);1H. The molecule has 0 saturated heterocycles. The van der Waals surface area contributed by atoms with Crippen LogP contribution in [-0.2, 0) is 6.42 Å². The van der Waals surface area contributed by atoms with Gasteiger partial charge >= 0.3 is 0 Å². The molecular formula is C15H13ClF2N2. The van der Waals surface area contributed by atoms with Gasteiger partial charge in [-0.15, -0.1) is 12.4 Å². The van der Waals surface area contributed by atoms with Gasteiger partial charge in [-0.2, -0.15) is 0 Å². The number of amidine groups is 1. The highest BCUT2D eigenvalue weighted by Crippen LogP contribution is 2.29. The summed E-state index contributed by atoms with van der Waals surface area (Å²) in [6.07, 6.45) is 0.569. The third kappa shape index (κ3) is 2.65. The molecule has 1 heterocycles. The van der Waals surface area contributed by atoms with E-state index in [4.69, 9.17) is 5.73 Å². The molecule has 2 aromatic rings. The van der Waals surface area contributed by atoms with Gasteiger partial charge in [0, 0.05) is 5.56 Å². The topological polar surface area (TPSA) is 38.4 Å². The van der Waals surface area contributed by atoms with Crippen molar-refractivity contribution in [2.45, 2.75) is 12.5 Å². The second-order valence-electron chi connectivity index (χ2n) is 4.59. The van der Waals surface area contributed by atoms with Crippen LogP contribution >= 0.6 is 12.4 Å². The van der Waals surface area contributed by atoms with E-state index in [0.29, 0.717) is 12.3 Å². The summed E-state index contributed by atoms with van der Waals surface area (Å²) in [5.41, 5.74) is 8.39. The van der Waals surface area contributed by atoms with Crippen molar-refractivity contribution in [2.75, 3.05) is 0 Å². The fourth-order valence-electron chi connectivity index (χ4n) is 2.35. The van der Waals surface area contributed by atoms with Crippen LogP contribution in [0.4, 0.5) is 8.78 Å². The Labute approximate surface area is 121 Å². The number of nitrogens with zero attached hydrogens (tertiary/aromatic N) is 1. The molecule has 0 aliphatic carbocycles. The first-order chi connectivity index (χ1) is 9.13. The average molecular weight is 295 g/mol. The molecule has 0 amide bonds. The third-order valence-corrected chi connectivity index (χ3v) is 3.31. The largest absolute Gasteiger partial charge is 0.383 e. The lowest BCUT2D eigenvalue weighted by Gasteiger charge is -2.22. The van der Waals surface area contributed by atoms with Crippen molar-refractivity contribution in [3.8, 4) is 0 Å². The summed E-state index contributed by atoms with van der Waals surface area (Å²) in [6, 6.07) is 10.5. The van der Waals surface area contributed by atoms with Gasteiger partial charge in [-0.05, 0) is 47.9 Å². The zero-order chi connectivity index (χ0) is 13.4. The van der Waals surface area contributed by atoms with Gasteiger partial charge in [0.05, 0.1) is 6.04 Å². The molecule has 5 heteroatoms. The quantitative estimate of drug-likeness (QED) is 0.860. The Balaban J connectivity index is 0.00000147. The van der Waals surface area contributed by atoms with Crippen LogP contribution in [0.5, 0.6) is 0 Å². The first-order valence-corrected chi connectivity index (χ1v) is 6.01. The fourth-order valence-corrected chi connectivity index (χ4v) is 2.35. The molecule has 0 spiro atoms. The van der Waals surface area contributed by atoms with Crippen LogP contribution in [0.25, 0.3) is 0 Å². The minimum absolute atomic E-state index is 0. The van der Waals surface area contributed by atoms with Crippen molar-refractivity contribution in [2.24, 2.45) is 10.7 Å². The lowest BCUT2D eigenvalue weighted by atomic mass is 9.92. The highest BCUT2D eigenvalue weighted by atomic mass is 35.5. The zero-order valence-corrected chi connectivity index (χ0v) is 11.3. The van der Waals surface area contributed by atoms with Gasteiger partial charge in [0.2, 0.25) is 0 Å². The molecule has 1 aliphatic heterocycles. The van der Waals surface area contributed by atoms with Crippen molar-refractivity contribution >= 4 is 18.2 Å². The maximum absolute atomic E-state index is 13.3. The second kappa shape index (κ2) is 5.59. The summed E-state index contributed by atoms with van der Waals surface area (Å²) in [4.78, 5) is 4.40. The second-order valence-corrected chi connectivity index (χ2v) is 4.59. The summed E-state index contributed by atoms with van der Waals surface area (Å²) >= 11 is 0. The molecule has 104 valence electrons. The molecule has 0 aromatic heterocycles. The molecule has 2 aromatic carbocycles. The fraction of sp³-hybridized carbons (Fsp3) is 0.133. The van der Waals surface area contributed by atoms with E-state index in [9.17, 15) is 8.78 Å². The predicted octanol–water partition coefficient (Wildman–Crippen LogP) is 3.39. The number of rotatable bonds is 1. The van der Waals surface area contributed by atoms with E-state index in [1.165, 1.54) is 24.3 Å². The average Bonchev–Trinajstić information content (AvgIpc) is 2.38. The predicted molar refractivity (Wildman–Crippen MR) is 77.2 cm³/mol. The molecular weight excluding hydrogens is 282 g/mol. The van der Waals surface area contributed by atoms with Crippen LogP contribution in [0.3, 0.4) is 0 Å². The summed E-state index contributed by atoms with van der Waals surface area (Å²) in [7, 11) is 0. The summed E-state index contributed by atoms with van der Waals surface area (Å²) in [5, 5.41) is 0. The summed E-state index contributed by atoms with van der Waals surface area (Å²) < 4.78 is 26.2. The van der Waals surface area contributed by atoms with E-state index in [1.54, 1.807) is 18.2 Å². The monoisotopic (exact) mass is 294 g/mol. The van der Waals surface area contributed by atoms with E-state index < -0.39 is 0 Å². The van der Waals surface area contributed by atoms with Crippen molar-refractivity contribution in [3.05, 3.63) is 70.8 Å². The van der Waals surface area contributed by atoms with Gasteiger partial charge in [0.15, 0.2) is 0 Å². The molecule has 1 unspecified atom stereocenters. The Morgan fingerprint density at radius 2 is 1.65 bits per heavy atom. The van der Waals surface area contributed by atoms with Crippen LogP contribution in [0.15, 0.2) is 47.5 Å². The van der Waals surface area contributed by atoms with E-state index in [1.807, 2.05) is 0 Å². The lowest BCUT2D eigenvalue weighted by molar-refractivity contribution is 0.617. The molecule has 3 rings (SSSR count). The number of hydrogen-bond donors (Lipinski definition) is 1. The van der Waals surface area contributed by atoms with E-state index in [-0.39, 0.29) is 30.1 Å². The van der Waals surface area contributed by atoms with Crippen molar-refractivity contribution < 1.29 is 8.78 Å². The van der Waals surface area contributed by atoms with Crippen molar-refractivity contribution in [1.29, 1.82) is 0 Å². The van der Waals surface area contributed by atoms with Gasteiger partial charge in [-0.3, -0.25) is 4.99 Å². The van der Waals surface area contributed by atoms with Crippen molar-refractivity contribution in [3.63, 3.8) is 0 Å². The Morgan fingerprint density at radius 3 is 2.35 bits per heavy atom. The van der Waals surface area contributed by atoms with E-state index in [0.717, 1.165) is 16.7 Å². The first-order valence-electron chi connectivity index (χ1n) is 6.01. The molecule has 2 N–H and O–H groups in total. The Bertz CT molecular complexity index is 653. The van der Waals surface area contributed by atoms with Crippen LogP contribution in [0.1, 0.15) is 22.7 Å². The van der Waals surface area contributed by atoms with Crippen LogP contribution < -0.4 is 5.73 Å². The number of benzene rings is 2. The van der Waals surface area contributed by atoms with E-state index >= 15 is 0 Å². The number of halogens is 3. The highest BCUT2D eigenvalue weighted by molar-refractivity contribution is 5.99. The minimum Gasteiger partial charge on any atom is -0.383 e. The highest BCUT2D eigenvalue weighted by Gasteiger charge is 2.21. The Morgan fingerprint density at radius 1 is 1.00 bits per heavy atom. The smallest absolute Gasteiger partial charge is 0.126 e. The van der Waals surface area contributed by atoms with Gasteiger partial charge in [0.25, 0.3) is 0 Å². The first kappa shape index (κ1) is 14.5. The molecule has 0 saturated carbocycles. The third-order valence-electron chi connectivity index (χ3n) is 3.31. The molecule has 1 aliphatic rings. The summed E-state index contributed by atoms with van der Waals surface area (Å²) in [6.45, 7) is 0. The van der Waals surface area contributed by atoms with Gasteiger partial charge in [0.1, 0.15) is 17.5 Å². The molecule has 20 heavy (non-hydrogen) atoms. The normalized spacial score (nSPS) is 16.9. The number of aliphatic imine (C=N–C) groups is 1. The zero-order valence-electron chi connectivity index (χ0n) is 10.5. The van der Waals surface area contributed by atoms with Crippen LogP contribution in [0, 0.1) is 11.6 Å².